The first-order valence-corrected chi connectivity index (χ1v) is 19.3. The molecule has 0 saturated carbocycles. The Morgan fingerprint density at radius 3 is 1.27 bits per heavy atom. The number of carbonyl (C=O) groups excluding carboxylic acids is 3. The fourth-order valence-corrected chi connectivity index (χ4v) is 5.48. The van der Waals surface area contributed by atoms with Crippen LogP contribution in [0.3, 0.4) is 0 Å². The van der Waals surface area contributed by atoms with Gasteiger partial charge in [-0.3, -0.25) is 14.4 Å². The van der Waals surface area contributed by atoms with E-state index in [2.05, 4.69) is 34.6 Å². The van der Waals surface area contributed by atoms with E-state index in [9.17, 15) is 14.4 Å². The SMILES string of the molecule is CCCCCCCC(=O)OC[C@H](COC(=O)CCCCCCCCCCC(C)CC)OC(=O)CCCCCCCCCC(C)C. The minimum absolute atomic E-state index is 0.0681. The van der Waals surface area contributed by atoms with Crippen LogP contribution in [-0.4, -0.2) is 37.2 Å². The van der Waals surface area contributed by atoms with Crippen molar-refractivity contribution < 1.29 is 28.6 Å². The molecular formula is C39H74O6. The van der Waals surface area contributed by atoms with E-state index >= 15 is 0 Å². The molecule has 1 unspecified atom stereocenters. The molecule has 0 aliphatic heterocycles. The fraction of sp³-hybridized carbons (Fsp3) is 0.923. The van der Waals surface area contributed by atoms with Gasteiger partial charge in [-0.15, -0.1) is 0 Å². The van der Waals surface area contributed by atoms with Crippen molar-refractivity contribution in [2.24, 2.45) is 11.8 Å². The molecular weight excluding hydrogens is 564 g/mol. The highest BCUT2D eigenvalue weighted by Gasteiger charge is 2.19. The first-order chi connectivity index (χ1) is 21.8. The molecule has 0 radical (unpaired) electrons. The maximum Gasteiger partial charge on any atom is 0.306 e. The number of unbranched alkanes of at least 4 members (excludes halogenated alkanes) is 17. The van der Waals surface area contributed by atoms with Crippen molar-refractivity contribution in [3.05, 3.63) is 0 Å². The predicted molar refractivity (Wildman–Crippen MR) is 187 cm³/mol. The van der Waals surface area contributed by atoms with Crippen LogP contribution in [-0.2, 0) is 28.6 Å². The van der Waals surface area contributed by atoms with Crippen LogP contribution in [0.2, 0.25) is 0 Å². The summed E-state index contributed by atoms with van der Waals surface area (Å²) in [5.41, 5.74) is 0. The van der Waals surface area contributed by atoms with Gasteiger partial charge in [-0.25, -0.2) is 0 Å². The van der Waals surface area contributed by atoms with E-state index < -0.39 is 6.10 Å². The lowest BCUT2D eigenvalue weighted by molar-refractivity contribution is -0.167. The van der Waals surface area contributed by atoms with Crippen molar-refractivity contribution in [2.75, 3.05) is 13.2 Å². The van der Waals surface area contributed by atoms with Crippen molar-refractivity contribution in [3.63, 3.8) is 0 Å². The third-order valence-electron chi connectivity index (χ3n) is 8.83. The van der Waals surface area contributed by atoms with E-state index in [4.69, 9.17) is 14.2 Å². The molecule has 0 aromatic carbocycles. The molecule has 0 fully saturated rings. The van der Waals surface area contributed by atoms with Gasteiger partial charge in [0.25, 0.3) is 0 Å². The van der Waals surface area contributed by atoms with Crippen LogP contribution >= 0.6 is 0 Å². The summed E-state index contributed by atoms with van der Waals surface area (Å²) in [6.45, 7) is 11.2. The number of esters is 3. The lowest BCUT2D eigenvalue weighted by atomic mass is 9.99. The highest BCUT2D eigenvalue weighted by atomic mass is 16.6. The molecule has 266 valence electrons. The van der Waals surface area contributed by atoms with E-state index in [0.717, 1.165) is 76.0 Å². The summed E-state index contributed by atoms with van der Waals surface area (Å²) in [6, 6.07) is 0. The third-order valence-corrected chi connectivity index (χ3v) is 8.83. The Hall–Kier alpha value is -1.59. The summed E-state index contributed by atoms with van der Waals surface area (Å²) >= 11 is 0. The minimum atomic E-state index is -0.758. The average molecular weight is 639 g/mol. The first kappa shape index (κ1) is 43.4. The van der Waals surface area contributed by atoms with Gasteiger partial charge in [0.05, 0.1) is 0 Å². The monoisotopic (exact) mass is 639 g/mol. The number of carbonyl (C=O) groups is 3. The molecule has 2 atom stereocenters. The summed E-state index contributed by atoms with van der Waals surface area (Å²) in [6.07, 6.45) is 26.9. The van der Waals surface area contributed by atoms with Crippen LogP contribution in [0.25, 0.3) is 0 Å². The van der Waals surface area contributed by atoms with Gasteiger partial charge in [-0.1, -0.05) is 163 Å². The molecule has 6 nitrogen and oxygen atoms in total. The second-order valence-corrected chi connectivity index (χ2v) is 13.9. The number of hydrogen-bond acceptors (Lipinski definition) is 6. The van der Waals surface area contributed by atoms with Gasteiger partial charge in [-0.2, -0.15) is 0 Å². The zero-order valence-electron chi connectivity index (χ0n) is 30.5. The molecule has 0 N–H and O–H groups in total. The second kappa shape index (κ2) is 32.4. The molecule has 0 spiro atoms. The van der Waals surface area contributed by atoms with Crippen LogP contribution < -0.4 is 0 Å². The molecule has 0 bridgehead atoms. The largest absolute Gasteiger partial charge is 0.462 e. The fourth-order valence-electron chi connectivity index (χ4n) is 5.48. The summed E-state index contributed by atoms with van der Waals surface area (Å²) < 4.78 is 16.5. The number of ether oxygens (including phenoxy) is 3. The smallest absolute Gasteiger partial charge is 0.306 e. The Morgan fingerprint density at radius 2 is 0.844 bits per heavy atom. The maximum absolute atomic E-state index is 12.5. The van der Waals surface area contributed by atoms with E-state index in [1.807, 2.05) is 0 Å². The maximum atomic E-state index is 12.5. The van der Waals surface area contributed by atoms with E-state index in [0.29, 0.717) is 19.3 Å². The lowest BCUT2D eigenvalue weighted by Crippen LogP contribution is -2.30. The highest BCUT2D eigenvalue weighted by Crippen LogP contribution is 2.16. The van der Waals surface area contributed by atoms with Crippen LogP contribution in [0.5, 0.6) is 0 Å². The topological polar surface area (TPSA) is 78.9 Å². The Labute approximate surface area is 278 Å². The predicted octanol–water partition coefficient (Wildman–Crippen LogP) is 11.5. The third kappa shape index (κ3) is 32.2. The molecule has 45 heavy (non-hydrogen) atoms. The normalized spacial score (nSPS) is 12.7. The molecule has 0 saturated heterocycles. The summed E-state index contributed by atoms with van der Waals surface area (Å²) in [5, 5.41) is 0. The van der Waals surface area contributed by atoms with Gasteiger partial charge in [-0.05, 0) is 31.1 Å². The van der Waals surface area contributed by atoms with Crippen molar-refractivity contribution >= 4 is 17.9 Å². The van der Waals surface area contributed by atoms with Gasteiger partial charge >= 0.3 is 17.9 Å². The van der Waals surface area contributed by atoms with E-state index in [1.165, 1.54) is 83.5 Å². The zero-order chi connectivity index (χ0) is 33.4. The molecule has 0 heterocycles. The summed E-state index contributed by atoms with van der Waals surface area (Å²) in [7, 11) is 0. The van der Waals surface area contributed by atoms with Gasteiger partial charge < -0.3 is 14.2 Å². The van der Waals surface area contributed by atoms with Crippen LogP contribution in [0.1, 0.15) is 202 Å². The molecule has 0 aliphatic carbocycles. The molecule has 0 aromatic rings. The summed E-state index contributed by atoms with van der Waals surface area (Å²) in [5.74, 6) is 0.741. The summed E-state index contributed by atoms with van der Waals surface area (Å²) in [4.78, 5) is 37.2. The first-order valence-electron chi connectivity index (χ1n) is 19.3. The van der Waals surface area contributed by atoms with Crippen LogP contribution in [0.4, 0.5) is 0 Å². The Balaban J connectivity index is 4.29. The highest BCUT2D eigenvalue weighted by molar-refractivity contribution is 5.71. The second-order valence-electron chi connectivity index (χ2n) is 13.9. The molecule has 6 heteroatoms. The average Bonchev–Trinajstić information content (AvgIpc) is 3.01. The standard InChI is InChI=1S/C39H74O6/c1-6-8-9-17-24-29-37(40)43-32-36(45-39(42)31-26-21-16-12-13-18-22-27-34(3)4)33-44-38(41)30-25-20-15-11-10-14-19-23-28-35(5)7-2/h34-36H,6-33H2,1-5H3/t35?,36-/m1/s1. The quantitative estimate of drug-likeness (QED) is 0.0404. The van der Waals surface area contributed by atoms with E-state index in [1.54, 1.807) is 0 Å². The molecule has 0 rings (SSSR count). The Morgan fingerprint density at radius 1 is 0.467 bits per heavy atom. The van der Waals surface area contributed by atoms with Crippen molar-refractivity contribution in [1.82, 2.24) is 0 Å². The zero-order valence-corrected chi connectivity index (χ0v) is 30.5. The van der Waals surface area contributed by atoms with Crippen molar-refractivity contribution in [3.8, 4) is 0 Å². The molecule has 0 aliphatic rings. The van der Waals surface area contributed by atoms with E-state index in [-0.39, 0.29) is 31.1 Å². The number of hydrogen-bond donors (Lipinski definition) is 0. The van der Waals surface area contributed by atoms with Crippen LogP contribution in [0, 0.1) is 11.8 Å². The molecule has 0 aromatic heterocycles. The van der Waals surface area contributed by atoms with Gasteiger partial charge in [0.15, 0.2) is 6.10 Å². The molecule has 0 amide bonds. The van der Waals surface area contributed by atoms with Crippen molar-refractivity contribution in [2.45, 2.75) is 208 Å². The van der Waals surface area contributed by atoms with Gasteiger partial charge in [0.1, 0.15) is 13.2 Å². The van der Waals surface area contributed by atoms with Crippen LogP contribution in [0.15, 0.2) is 0 Å². The van der Waals surface area contributed by atoms with Gasteiger partial charge in [0, 0.05) is 19.3 Å². The van der Waals surface area contributed by atoms with Crippen molar-refractivity contribution in [1.29, 1.82) is 0 Å². The number of rotatable bonds is 33. The van der Waals surface area contributed by atoms with Gasteiger partial charge in [0.2, 0.25) is 0 Å². The lowest BCUT2D eigenvalue weighted by Gasteiger charge is -2.18. The minimum Gasteiger partial charge on any atom is -0.462 e. The Kier molecular flexibility index (Phi) is 31.2. The Bertz CT molecular complexity index is 691.